The summed E-state index contributed by atoms with van der Waals surface area (Å²) in [5, 5.41) is 2.71. The first-order valence-corrected chi connectivity index (χ1v) is 6.34. The normalized spacial score (nSPS) is 10.3. The van der Waals surface area contributed by atoms with Gasteiger partial charge in [-0.15, -0.1) is 12.6 Å². The summed E-state index contributed by atoms with van der Waals surface area (Å²) in [4.78, 5) is 12.8. The number of carbonyl (C=O) groups is 1. The van der Waals surface area contributed by atoms with Crippen molar-refractivity contribution in [2.75, 3.05) is 0 Å². The summed E-state index contributed by atoms with van der Waals surface area (Å²) >= 11 is 4.21. The zero-order valence-corrected chi connectivity index (χ0v) is 11.4. The van der Waals surface area contributed by atoms with Gasteiger partial charge >= 0.3 is 0 Å². The van der Waals surface area contributed by atoms with Crippen molar-refractivity contribution in [2.45, 2.75) is 18.4 Å². The second-order valence-corrected chi connectivity index (χ2v) is 4.79. The lowest BCUT2D eigenvalue weighted by Crippen LogP contribution is -2.24. The molecule has 98 valence electrons. The molecule has 2 nitrogen and oxygen atoms in total. The SMILES string of the molecule is Cc1ccc(S)cc1C(=O)NCc1ccccc1F. The summed E-state index contributed by atoms with van der Waals surface area (Å²) in [5.74, 6) is -0.542. The van der Waals surface area contributed by atoms with E-state index in [2.05, 4.69) is 17.9 Å². The summed E-state index contributed by atoms with van der Waals surface area (Å²) in [7, 11) is 0. The van der Waals surface area contributed by atoms with Crippen molar-refractivity contribution in [1.29, 1.82) is 0 Å². The van der Waals surface area contributed by atoms with Crippen molar-refractivity contribution < 1.29 is 9.18 Å². The molecule has 0 unspecified atom stereocenters. The molecule has 0 radical (unpaired) electrons. The summed E-state index contributed by atoms with van der Waals surface area (Å²) in [6.45, 7) is 2.02. The maximum atomic E-state index is 13.4. The van der Waals surface area contributed by atoms with E-state index in [9.17, 15) is 9.18 Å². The number of carbonyl (C=O) groups excluding carboxylic acids is 1. The van der Waals surface area contributed by atoms with Crippen LogP contribution in [0, 0.1) is 12.7 Å². The Bertz CT molecular complexity index is 613. The average molecular weight is 275 g/mol. The lowest BCUT2D eigenvalue weighted by molar-refractivity contribution is 0.0950. The van der Waals surface area contributed by atoms with E-state index in [-0.39, 0.29) is 18.3 Å². The second kappa shape index (κ2) is 5.89. The molecule has 2 rings (SSSR count). The molecule has 2 aromatic rings. The number of hydrogen-bond donors (Lipinski definition) is 2. The van der Waals surface area contributed by atoms with E-state index in [4.69, 9.17) is 0 Å². The predicted octanol–water partition coefficient (Wildman–Crippen LogP) is 3.35. The molecular formula is C15H14FNOS. The highest BCUT2D eigenvalue weighted by Gasteiger charge is 2.10. The van der Waals surface area contributed by atoms with Crippen molar-refractivity contribution >= 4 is 18.5 Å². The maximum Gasteiger partial charge on any atom is 0.251 e. The van der Waals surface area contributed by atoms with Crippen LogP contribution in [0.2, 0.25) is 0 Å². The molecule has 0 fully saturated rings. The smallest absolute Gasteiger partial charge is 0.251 e. The van der Waals surface area contributed by atoms with Crippen molar-refractivity contribution in [3.63, 3.8) is 0 Å². The lowest BCUT2D eigenvalue weighted by atomic mass is 10.1. The Hall–Kier alpha value is -1.81. The molecule has 19 heavy (non-hydrogen) atoms. The van der Waals surface area contributed by atoms with Crippen molar-refractivity contribution in [3.8, 4) is 0 Å². The first-order chi connectivity index (χ1) is 9.08. The Balaban J connectivity index is 2.10. The molecule has 0 aliphatic heterocycles. The van der Waals surface area contributed by atoms with E-state index in [0.717, 1.165) is 10.5 Å². The zero-order valence-electron chi connectivity index (χ0n) is 10.5. The van der Waals surface area contributed by atoms with Crippen LogP contribution in [0.4, 0.5) is 4.39 Å². The van der Waals surface area contributed by atoms with Gasteiger partial charge in [-0.25, -0.2) is 4.39 Å². The van der Waals surface area contributed by atoms with Gasteiger partial charge in [0.15, 0.2) is 0 Å². The zero-order chi connectivity index (χ0) is 13.8. The molecule has 0 aromatic heterocycles. The first-order valence-electron chi connectivity index (χ1n) is 5.89. The van der Waals surface area contributed by atoms with E-state index in [1.54, 1.807) is 24.3 Å². The molecule has 1 N–H and O–H groups in total. The van der Waals surface area contributed by atoms with Gasteiger partial charge in [0.1, 0.15) is 5.82 Å². The van der Waals surface area contributed by atoms with E-state index in [1.807, 2.05) is 19.1 Å². The Morgan fingerprint density at radius 2 is 2.00 bits per heavy atom. The van der Waals surface area contributed by atoms with Crippen LogP contribution < -0.4 is 5.32 Å². The first kappa shape index (κ1) is 13.6. The van der Waals surface area contributed by atoms with Crippen LogP contribution in [0.3, 0.4) is 0 Å². The molecule has 0 aliphatic rings. The number of benzene rings is 2. The predicted molar refractivity (Wildman–Crippen MR) is 76.0 cm³/mol. The minimum Gasteiger partial charge on any atom is -0.348 e. The summed E-state index contributed by atoms with van der Waals surface area (Å²) in [5.41, 5.74) is 1.89. The molecule has 2 aromatic carbocycles. The second-order valence-electron chi connectivity index (χ2n) is 4.27. The van der Waals surface area contributed by atoms with Crippen LogP contribution in [0.15, 0.2) is 47.4 Å². The third-order valence-corrected chi connectivity index (χ3v) is 3.14. The van der Waals surface area contributed by atoms with E-state index < -0.39 is 0 Å². The molecular weight excluding hydrogens is 261 g/mol. The number of aryl methyl sites for hydroxylation is 1. The fourth-order valence-corrected chi connectivity index (χ4v) is 1.97. The molecule has 0 heterocycles. The number of halogens is 1. The van der Waals surface area contributed by atoms with Crippen LogP contribution in [0.5, 0.6) is 0 Å². The molecule has 4 heteroatoms. The Kier molecular flexibility index (Phi) is 4.22. The lowest BCUT2D eigenvalue weighted by Gasteiger charge is -2.09. The van der Waals surface area contributed by atoms with Crippen LogP contribution >= 0.6 is 12.6 Å². The largest absolute Gasteiger partial charge is 0.348 e. The third-order valence-electron chi connectivity index (χ3n) is 2.86. The van der Waals surface area contributed by atoms with Gasteiger partial charge in [0.05, 0.1) is 0 Å². The van der Waals surface area contributed by atoms with Gasteiger partial charge in [-0.05, 0) is 30.7 Å². The van der Waals surface area contributed by atoms with Gasteiger partial charge in [0.25, 0.3) is 5.91 Å². The Morgan fingerprint density at radius 1 is 1.26 bits per heavy atom. The van der Waals surface area contributed by atoms with Crippen LogP contribution in [0.1, 0.15) is 21.5 Å². The number of hydrogen-bond acceptors (Lipinski definition) is 2. The van der Waals surface area contributed by atoms with Crippen LogP contribution in [-0.2, 0) is 6.54 Å². The van der Waals surface area contributed by atoms with E-state index >= 15 is 0 Å². The molecule has 1 amide bonds. The van der Waals surface area contributed by atoms with Crippen molar-refractivity contribution in [3.05, 3.63) is 65.0 Å². The van der Waals surface area contributed by atoms with E-state index in [0.29, 0.717) is 11.1 Å². The van der Waals surface area contributed by atoms with Gasteiger partial charge < -0.3 is 5.32 Å². The minimum absolute atomic E-state index is 0.168. The highest BCUT2D eigenvalue weighted by molar-refractivity contribution is 7.80. The number of thiol groups is 1. The van der Waals surface area contributed by atoms with Gasteiger partial charge in [-0.3, -0.25) is 4.79 Å². The number of rotatable bonds is 3. The molecule has 0 saturated heterocycles. The van der Waals surface area contributed by atoms with E-state index in [1.165, 1.54) is 6.07 Å². The number of amides is 1. The fourth-order valence-electron chi connectivity index (χ4n) is 1.77. The third kappa shape index (κ3) is 3.35. The van der Waals surface area contributed by atoms with Gasteiger partial charge in [-0.1, -0.05) is 24.3 Å². The molecule has 0 aliphatic carbocycles. The fraction of sp³-hybridized carbons (Fsp3) is 0.133. The molecule has 0 bridgehead atoms. The van der Waals surface area contributed by atoms with Crippen LogP contribution in [-0.4, -0.2) is 5.91 Å². The quantitative estimate of drug-likeness (QED) is 0.826. The van der Waals surface area contributed by atoms with Gasteiger partial charge in [0, 0.05) is 22.6 Å². The maximum absolute atomic E-state index is 13.4. The summed E-state index contributed by atoms with van der Waals surface area (Å²) in [6, 6.07) is 11.7. The highest BCUT2D eigenvalue weighted by Crippen LogP contribution is 2.14. The molecule has 0 saturated carbocycles. The molecule has 0 spiro atoms. The monoisotopic (exact) mass is 275 g/mol. The van der Waals surface area contributed by atoms with Gasteiger partial charge in [0.2, 0.25) is 0 Å². The summed E-state index contributed by atoms with van der Waals surface area (Å²) < 4.78 is 13.4. The van der Waals surface area contributed by atoms with Crippen molar-refractivity contribution in [1.82, 2.24) is 5.32 Å². The standard InChI is InChI=1S/C15H14FNOS/c1-10-6-7-12(19)8-13(10)15(18)17-9-11-4-2-3-5-14(11)16/h2-8,19H,9H2,1H3,(H,17,18). The number of nitrogens with one attached hydrogen (secondary N) is 1. The average Bonchev–Trinajstić information content (AvgIpc) is 2.40. The van der Waals surface area contributed by atoms with Gasteiger partial charge in [-0.2, -0.15) is 0 Å². The van der Waals surface area contributed by atoms with Crippen LogP contribution in [0.25, 0.3) is 0 Å². The minimum atomic E-state index is -0.317. The topological polar surface area (TPSA) is 29.1 Å². The Labute approximate surface area is 117 Å². The highest BCUT2D eigenvalue weighted by atomic mass is 32.1. The Morgan fingerprint density at radius 3 is 2.74 bits per heavy atom. The van der Waals surface area contributed by atoms with Crippen molar-refractivity contribution in [2.24, 2.45) is 0 Å². The summed E-state index contributed by atoms with van der Waals surface area (Å²) in [6.07, 6.45) is 0. The molecule has 0 atom stereocenters.